The Hall–Kier alpha value is -1.47. The summed E-state index contributed by atoms with van der Waals surface area (Å²) in [5, 5.41) is 0. The van der Waals surface area contributed by atoms with Crippen LogP contribution < -0.4 is 4.80 Å². The van der Waals surface area contributed by atoms with Crippen LogP contribution in [-0.2, 0) is 20.8 Å². The highest BCUT2D eigenvalue weighted by Gasteiger charge is 2.61. The summed E-state index contributed by atoms with van der Waals surface area (Å²) < 4.78 is 12.1. The SMILES string of the molecule is CCOC(=O)c1cn(CCOC)c(=NC(=O)C23CC4CC(CC2C4)C3)s1. The molecular weight excluding hydrogens is 352 g/mol. The van der Waals surface area contributed by atoms with E-state index >= 15 is 0 Å². The van der Waals surface area contributed by atoms with Gasteiger partial charge < -0.3 is 14.0 Å². The summed E-state index contributed by atoms with van der Waals surface area (Å²) in [6.45, 7) is 3.16. The number of amides is 1. The minimum atomic E-state index is -0.364. The fourth-order valence-corrected chi connectivity index (χ4v) is 6.37. The Labute approximate surface area is 157 Å². The standard InChI is InChI=1S/C19H26N2O4S/c1-3-25-16(22)15-11-21(4-5-24-2)18(26-15)20-17(23)19-9-12-6-13(10-19)8-14(19)7-12/h11-14H,3-10H2,1-2H3. The van der Waals surface area contributed by atoms with Crippen LogP contribution in [0.2, 0.25) is 0 Å². The number of thiazole rings is 1. The summed E-state index contributed by atoms with van der Waals surface area (Å²) in [5.74, 6) is 1.60. The van der Waals surface area contributed by atoms with E-state index in [2.05, 4.69) is 4.99 Å². The number of ether oxygens (including phenoxy) is 2. The number of esters is 1. The van der Waals surface area contributed by atoms with Crippen molar-refractivity contribution in [2.24, 2.45) is 28.2 Å². The van der Waals surface area contributed by atoms with E-state index < -0.39 is 0 Å². The first-order valence-electron chi connectivity index (χ1n) is 9.51. The van der Waals surface area contributed by atoms with Crippen LogP contribution in [0.5, 0.6) is 0 Å². The van der Waals surface area contributed by atoms with Gasteiger partial charge >= 0.3 is 5.97 Å². The van der Waals surface area contributed by atoms with E-state index in [0.29, 0.717) is 47.2 Å². The van der Waals surface area contributed by atoms with Crippen LogP contribution in [0, 0.1) is 23.2 Å². The van der Waals surface area contributed by atoms with E-state index in [9.17, 15) is 9.59 Å². The van der Waals surface area contributed by atoms with Crippen molar-refractivity contribution in [3.05, 3.63) is 15.9 Å². The number of aromatic nitrogens is 1. The predicted molar refractivity (Wildman–Crippen MR) is 96.7 cm³/mol. The molecule has 0 spiro atoms. The van der Waals surface area contributed by atoms with Gasteiger partial charge in [0.1, 0.15) is 4.88 Å². The molecule has 1 amide bonds. The van der Waals surface area contributed by atoms with Crippen molar-refractivity contribution in [2.45, 2.75) is 45.6 Å². The van der Waals surface area contributed by atoms with Crippen LogP contribution in [0.4, 0.5) is 0 Å². The van der Waals surface area contributed by atoms with Gasteiger partial charge in [-0.25, -0.2) is 4.79 Å². The number of carbonyl (C=O) groups excluding carboxylic acids is 2. The van der Waals surface area contributed by atoms with Crippen LogP contribution in [0.1, 0.15) is 48.7 Å². The molecule has 4 aliphatic rings. The van der Waals surface area contributed by atoms with Gasteiger partial charge in [0.25, 0.3) is 5.91 Å². The van der Waals surface area contributed by atoms with Gasteiger partial charge in [0, 0.05) is 19.9 Å². The zero-order valence-electron chi connectivity index (χ0n) is 15.4. The van der Waals surface area contributed by atoms with Crippen LogP contribution in [0.3, 0.4) is 0 Å². The number of nitrogens with zero attached hydrogens (tertiary/aromatic N) is 2. The molecule has 0 saturated heterocycles. The van der Waals surface area contributed by atoms with Crippen LogP contribution >= 0.6 is 11.3 Å². The fraction of sp³-hybridized carbons (Fsp3) is 0.737. The Morgan fingerprint density at radius 2 is 2.04 bits per heavy atom. The average molecular weight is 378 g/mol. The monoisotopic (exact) mass is 378 g/mol. The number of carbonyl (C=O) groups is 2. The van der Waals surface area contributed by atoms with Gasteiger partial charge in [0.15, 0.2) is 4.80 Å². The second kappa shape index (κ2) is 6.93. The smallest absolute Gasteiger partial charge is 0.349 e. The zero-order valence-corrected chi connectivity index (χ0v) is 16.2. The second-order valence-electron chi connectivity index (χ2n) is 7.90. The molecule has 2 unspecified atom stereocenters. The summed E-state index contributed by atoms with van der Waals surface area (Å²) in [7, 11) is 1.63. The Morgan fingerprint density at radius 3 is 2.69 bits per heavy atom. The molecule has 6 nitrogen and oxygen atoms in total. The molecule has 4 fully saturated rings. The maximum absolute atomic E-state index is 13.2. The predicted octanol–water partition coefficient (Wildman–Crippen LogP) is 2.63. The summed E-state index contributed by atoms with van der Waals surface area (Å²) in [6, 6.07) is 0. The van der Waals surface area contributed by atoms with Crippen molar-refractivity contribution in [1.29, 1.82) is 0 Å². The molecule has 1 heterocycles. The highest BCUT2D eigenvalue weighted by molar-refractivity contribution is 7.11. The molecule has 0 radical (unpaired) electrons. The third-order valence-electron chi connectivity index (χ3n) is 6.35. The lowest BCUT2D eigenvalue weighted by atomic mass is 9.75. The Morgan fingerprint density at radius 1 is 1.31 bits per heavy atom. The Balaban J connectivity index is 1.65. The van der Waals surface area contributed by atoms with Gasteiger partial charge in [-0.1, -0.05) is 11.3 Å². The van der Waals surface area contributed by atoms with Crippen molar-refractivity contribution in [3.8, 4) is 0 Å². The van der Waals surface area contributed by atoms with E-state index in [4.69, 9.17) is 9.47 Å². The number of methoxy groups -OCH3 is 1. The number of hydrogen-bond donors (Lipinski definition) is 0. The van der Waals surface area contributed by atoms with Gasteiger partial charge in [-0.15, -0.1) is 0 Å². The lowest BCUT2D eigenvalue weighted by Crippen LogP contribution is -2.33. The Bertz CT molecular complexity index is 767. The van der Waals surface area contributed by atoms with Gasteiger partial charge in [-0.05, 0) is 56.8 Å². The number of rotatable bonds is 6. The maximum atomic E-state index is 13.2. The molecular formula is C19H26N2O4S. The molecule has 7 heteroatoms. The summed E-state index contributed by atoms with van der Waals surface area (Å²) in [5.41, 5.74) is -0.235. The van der Waals surface area contributed by atoms with Crippen LogP contribution in [0.15, 0.2) is 11.2 Å². The van der Waals surface area contributed by atoms with Crippen molar-refractivity contribution in [3.63, 3.8) is 0 Å². The fourth-order valence-electron chi connectivity index (χ4n) is 5.46. The van der Waals surface area contributed by atoms with Crippen LogP contribution in [0.25, 0.3) is 0 Å². The molecule has 1 aromatic heterocycles. The molecule has 0 N–H and O–H groups in total. The summed E-state index contributed by atoms with van der Waals surface area (Å²) in [4.78, 5) is 30.8. The highest BCUT2D eigenvalue weighted by Crippen LogP contribution is 2.65. The second-order valence-corrected chi connectivity index (χ2v) is 8.91. The van der Waals surface area contributed by atoms with E-state index in [1.807, 2.05) is 4.57 Å². The minimum absolute atomic E-state index is 0.0237. The van der Waals surface area contributed by atoms with Gasteiger partial charge in [-0.3, -0.25) is 4.79 Å². The molecule has 4 saturated carbocycles. The molecule has 0 aromatic carbocycles. The highest BCUT2D eigenvalue weighted by atomic mass is 32.1. The molecule has 5 rings (SSSR count). The average Bonchev–Trinajstić information content (AvgIpc) is 3.20. The van der Waals surface area contributed by atoms with Crippen molar-refractivity contribution < 1.29 is 19.1 Å². The third-order valence-corrected chi connectivity index (χ3v) is 7.35. The van der Waals surface area contributed by atoms with Gasteiger partial charge in [0.2, 0.25) is 0 Å². The normalized spacial score (nSPS) is 32.4. The summed E-state index contributed by atoms with van der Waals surface area (Å²) in [6.07, 6.45) is 7.42. The molecule has 0 aliphatic heterocycles. The molecule has 4 aliphatic carbocycles. The quantitative estimate of drug-likeness (QED) is 0.714. The van der Waals surface area contributed by atoms with E-state index in [1.54, 1.807) is 20.2 Å². The molecule has 1 aromatic rings. The van der Waals surface area contributed by atoms with E-state index in [-0.39, 0.29) is 17.3 Å². The van der Waals surface area contributed by atoms with Crippen molar-refractivity contribution in [1.82, 2.24) is 4.57 Å². The lowest BCUT2D eigenvalue weighted by molar-refractivity contribution is -0.129. The lowest BCUT2D eigenvalue weighted by Gasteiger charge is -2.29. The van der Waals surface area contributed by atoms with Gasteiger partial charge in [-0.2, -0.15) is 4.99 Å². The third kappa shape index (κ3) is 2.95. The Kier molecular flexibility index (Phi) is 4.77. The molecule has 4 bridgehead atoms. The number of hydrogen-bond acceptors (Lipinski definition) is 5. The minimum Gasteiger partial charge on any atom is -0.462 e. The van der Waals surface area contributed by atoms with Crippen LogP contribution in [-0.4, -0.2) is 36.8 Å². The molecule has 26 heavy (non-hydrogen) atoms. The first-order valence-corrected chi connectivity index (χ1v) is 10.3. The zero-order chi connectivity index (χ0) is 18.3. The summed E-state index contributed by atoms with van der Waals surface area (Å²) >= 11 is 1.23. The van der Waals surface area contributed by atoms with E-state index in [0.717, 1.165) is 12.8 Å². The van der Waals surface area contributed by atoms with Crippen molar-refractivity contribution >= 4 is 23.2 Å². The largest absolute Gasteiger partial charge is 0.462 e. The first kappa shape index (κ1) is 17.9. The van der Waals surface area contributed by atoms with E-state index in [1.165, 1.54) is 30.6 Å². The topological polar surface area (TPSA) is 69.9 Å². The van der Waals surface area contributed by atoms with Crippen molar-refractivity contribution in [2.75, 3.05) is 20.3 Å². The van der Waals surface area contributed by atoms with Gasteiger partial charge in [0.05, 0.1) is 18.6 Å². The molecule has 2 atom stereocenters. The molecule has 142 valence electrons. The maximum Gasteiger partial charge on any atom is 0.349 e. The first-order chi connectivity index (χ1) is 12.6.